The van der Waals surface area contributed by atoms with Crippen LogP contribution in [-0.4, -0.2) is 32.2 Å². The fraction of sp³-hybridized carbons (Fsp3) is 0.417. The maximum atomic E-state index is 12.8. The molecule has 29 heavy (non-hydrogen) atoms. The van der Waals surface area contributed by atoms with E-state index >= 15 is 0 Å². The summed E-state index contributed by atoms with van der Waals surface area (Å²) in [4.78, 5) is 24.6. The van der Waals surface area contributed by atoms with Crippen LogP contribution in [-0.2, 0) is 14.9 Å². The summed E-state index contributed by atoms with van der Waals surface area (Å²) in [5.74, 6) is -0.234. The summed E-state index contributed by atoms with van der Waals surface area (Å²) >= 11 is 0. The lowest BCUT2D eigenvalue weighted by Gasteiger charge is -2.37. The van der Waals surface area contributed by atoms with Gasteiger partial charge in [-0.3, -0.25) is 4.79 Å². The Kier molecular flexibility index (Phi) is 6.38. The lowest BCUT2D eigenvalue weighted by Crippen LogP contribution is -2.28. The first-order valence-corrected chi connectivity index (χ1v) is 10.1. The number of benzene rings is 2. The van der Waals surface area contributed by atoms with Crippen molar-refractivity contribution >= 4 is 17.6 Å². The van der Waals surface area contributed by atoms with Gasteiger partial charge in [0.05, 0.1) is 18.8 Å². The number of anilines is 1. The lowest BCUT2D eigenvalue weighted by molar-refractivity contribution is 0.0526. The van der Waals surface area contributed by atoms with Crippen molar-refractivity contribution in [3.05, 3.63) is 64.7 Å². The van der Waals surface area contributed by atoms with Gasteiger partial charge in [0.2, 0.25) is 0 Å². The summed E-state index contributed by atoms with van der Waals surface area (Å²) in [6.45, 7) is 7.25. The zero-order valence-corrected chi connectivity index (χ0v) is 17.6. The number of fused-ring (bicyclic) bond motifs is 1. The first kappa shape index (κ1) is 21.1. The van der Waals surface area contributed by atoms with Crippen LogP contribution in [0.2, 0.25) is 0 Å². The molecule has 2 aromatic carbocycles. The van der Waals surface area contributed by atoms with Crippen molar-refractivity contribution in [1.82, 2.24) is 0 Å². The van der Waals surface area contributed by atoms with E-state index in [4.69, 9.17) is 9.47 Å². The van der Waals surface area contributed by atoms with E-state index in [-0.39, 0.29) is 17.3 Å². The van der Waals surface area contributed by atoms with E-state index < -0.39 is 0 Å². The molecule has 5 nitrogen and oxygen atoms in total. The molecule has 0 fully saturated rings. The van der Waals surface area contributed by atoms with Crippen LogP contribution in [0.1, 0.15) is 71.4 Å². The Labute approximate surface area is 172 Å². The molecule has 1 N–H and O–H groups in total. The number of hydrogen-bond acceptors (Lipinski definition) is 4. The molecule has 1 atom stereocenters. The summed E-state index contributed by atoms with van der Waals surface area (Å²) in [7, 11) is 1.72. The fourth-order valence-corrected chi connectivity index (χ4v) is 3.96. The smallest absolute Gasteiger partial charge is 0.338 e. The predicted octanol–water partition coefficient (Wildman–Crippen LogP) is 4.92. The van der Waals surface area contributed by atoms with E-state index in [0.29, 0.717) is 35.9 Å². The number of rotatable bonds is 6. The first-order chi connectivity index (χ1) is 13.9. The summed E-state index contributed by atoms with van der Waals surface area (Å²) < 4.78 is 10.4. The molecule has 0 saturated carbocycles. The van der Waals surface area contributed by atoms with Crippen LogP contribution >= 0.6 is 0 Å². The van der Waals surface area contributed by atoms with Crippen LogP contribution in [0.3, 0.4) is 0 Å². The van der Waals surface area contributed by atoms with E-state index in [9.17, 15) is 9.59 Å². The molecule has 0 saturated heterocycles. The van der Waals surface area contributed by atoms with Crippen molar-refractivity contribution in [2.75, 3.05) is 25.6 Å². The quantitative estimate of drug-likeness (QED) is 0.706. The number of nitrogens with one attached hydrogen (secondary N) is 1. The monoisotopic (exact) mass is 395 g/mol. The summed E-state index contributed by atoms with van der Waals surface area (Å²) in [6, 6.07) is 12.7. The number of hydrogen-bond donors (Lipinski definition) is 1. The lowest BCUT2D eigenvalue weighted by atomic mass is 9.68. The molecule has 1 amide bonds. The van der Waals surface area contributed by atoms with Crippen molar-refractivity contribution in [3.63, 3.8) is 0 Å². The Balaban J connectivity index is 1.79. The largest absolute Gasteiger partial charge is 0.462 e. The Morgan fingerprint density at radius 2 is 1.79 bits per heavy atom. The third kappa shape index (κ3) is 4.67. The van der Waals surface area contributed by atoms with Gasteiger partial charge in [0.15, 0.2) is 0 Å². The zero-order chi connectivity index (χ0) is 21.0. The molecule has 0 heterocycles. The van der Waals surface area contributed by atoms with Crippen LogP contribution < -0.4 is 5.32 Å². The normalized spacial score (nSPS) is 17.3. The molecule has 0 radical (unpaired) electrons. The van der Waals surface area contributed by atoms with E-state index in [1.165, 1.54) is 11.1 Å². The number of carbonyl (C=O) groups excluding carboxylic acids is 2. The van der Waals surface area contributed by atoms with Crippen molar-refractivity contribution in [3.8, 4) is 0 Å². The summed E-state index contributed by atoms with van der Waals surface area (Å²) in [5.41, 5.74) is 4.31. The van der Waals surface area contributed by atoms with Gasteiger partial charge in [-0.1, -0.05) is 19.9 Å². The second kappa shape index (κ2) is 8.78. The van der Waals surface area contributed by atoms with Gasteiger partial charge in [0.25, 0.3) is 5.91 Å². The summed E-state index contributed by atoms with van der Waals surface area (Å²) in [6.07, 6.45) is 2.15. The van der Waals surface area contributed by atoms with Crippen molar-refractivity contribution in [1.29, 1.82) is 0 Å². The zero-order valence-electron chi connectivity index (χ0n) is 17.6. The molecule has 1 aliphatic rings. The Morgan fingerprint density at radius 3 is 2.45 bits per heavy atom. The number of carbonyl (C=O) groups is 2. The minimum Gasteiger partial charge on any atom is -0.462 e. The van der Waals surface area contributed by atoms with Crippen LogP contribution in [0.15, 0.2) is 42.5 Å². The van der Waals surface area contributed by atoms with Gasteiger partial charge in [0, 0.05) is 24.3 Å². The molecular weight excluding hydrogens is 366 g/mol. The topological polar surface area (TPSA) is 64.6 Å². The summed E-state index contributed by atoms with van der Waals surface area (Å²) in [5, 5.41) is 2.91. The third-order valence-corrected chi connectivity index (χ3v) is 5.62. The van der Waals surface area contributed by atoms with Gasteiger partial charge >= 0.3 is 5.97 Å². The molecule has 1 unspecified atom stereocenters. The van der Waals surface area contributed by atoms with Crippen LogP contribution in [0.25, 0.3) is 0 Å². The fourth-order valence-electron chi connectivity index (χ4n) is 3.96. The highest BCUT2D eigenvalue weighted by atomic mass is 16.5. The maximum absolute atomic E-state index is 12.8. The predicted molar refractivity (Wildman–Crippen MR) is 114 cm³/mol. The second-order valence-electron chi connectivity index (χ2n) is 8.13. The first-order valence-electron chi connectivity index (χ1n) is 10.1. The molecule has 0 aromatic heterocycles. The second-order valence-corrected chi connectivity index (χ2v) is 8.13. The van der Waals surface area contributed by atoms with Gasteiger partial charge in [-0.15, -0.1) is 0 Å². The Hall–Kier alpha value is -2.66. The molecule has 154 valence electrons. The SMILES string of the molecule is CCOC(=O)c1ccc(NC(=O)c2ccc3c(c2)C(COC)CCC3(C)C)cc1. The molecule has 3 rings (SSSR count). The molecular formula is C24H29NO4. The number of esters is 1. The molecule has 1 aliphatic carbocycles. The Morgan fingerprint density at radius 1 is 1.10 bits per heavy atom. The molecule has 0 spiro atoms. The maximum Gasteiger partial charge on any atom is 0.338 e. The number of ether oxygens (including phenoxy) is 2. The van der Waals surface area contributed by atoms with Gasteiger partial charge in [-0.25, -0.2) is 4.79 Å². The Bertz CT molecular complexity index is 886. The highest BCUT2D eigenvalue weighted by molar-refractivity contribution is 6.04. The van der Waals surface area contributed by atoms with Gasteiger partial charge in [-0.2, -0.15) is 0 Å². The number of amides is 1. The number of methoxy groups -OCH3 is 1. The highest BCUT2D eigenvalue weighted by Crippen LogP contribution is 2.43. The molecule has 2 aromatic rings. The molecule has 0 bridgehead atoms. The third-order valence-electron chi connectivity index (χ3n) is 5.62. The minimum absolute atomic E-state index is 0.0948. The van der Waals surface area contributed by atoms with E-state index in [0.717, 1.165) is 12.8 Å². The van der Waals surface area contributed by atoms with E-state index in [2.05, 4.69) is 25.2 Å². The van der Waals surface area contributed by atoms with Crippen molar-refractivity contribution < 1.29 is 19.1 Å². The highest BCUT2D eigenvalue weighted by Gasteiger charge is 2.33. The average molecular weight is 395 g/mol. The van der Waals surface area contributed by atoms with Crippen LogP contribution in [0.5, 0.6) is 0 Å². The standard InChI is InChI=1S/C24H29NO4/c1-5-29-23(27)16-6-9-19(10-7-16)25-22(26)17-8-11-21-20(14-17)18(15-28-4)12-13-24(21,2)3/h6-11,14,18H,5,12-13,15H2,1-4H3,(H,25,26). The van der Waals surface area contributed by atoms with Gasteiger partial charge < -0.3 is 14.8 Å². The van der Waals surface area contributed by atoms with Crippen molar-refractivity contribution in [2.24, 2.45) is 0 Å². The minimum atomic E-state index is -0.369. The van der Waals surface area contributed by atoms with Gasteiger partial charge in [-0.05, 0) is 72.7 Å². The molecule has 0 aliphatic heterocycles. The van der Waals surface area contributed by atoms with Crippen LogP contribution in [0, 0.1) is 0 Å². The van der Waals surface area contributed by atoms with Crippen LogP contribution in [0.4, 0.5) is 5.69 Å². The van der Waals surface area contributed by atoms with E-state index in [1.54, 1.807) is 38.3 Å². The van der Waals surface area contributed by atoms with Gasteiger partial charge in [0.1, 0.15) is 0 Å². The average Bonchev–Trinajstić information content (AvgIpc) is 2.70. The molecule has 5 heteroatoms. The van der Waals surface area contributed by atoms with Crippen molar-refractivity contribution in [2.45, 2.75) is 44.9 Å². The van der Waals surface area contributed by atoms with E-state index in [1.807, 2.05) is 12.1 Å².